The number of hydrogen-bond acceptors (Lipinski definition) is 4. The third kappa shape index (κ3) is 5.39. The van der Waals surface area contributed by atoms with Crippen LogP contribution in [0.25, 0.3) is 0 Å². The fourth-order valence-corrected chi connectivity index (χ4v) is 5.39. The molecule has 0 amide bonds. The summed E-state index contributed by atoms with van der Waals surface area (Å²) in [4.78, 5) is 2.58. The number of fused-ring (bicyclic) bond motifs is 1. The molecule has 3 aromatic rings. The first-order valence-electron chi connectivity index (χ1n) is 12.7. The summed E-state index contributed by atoms with van der Waals surface area (Å²) in [6.07, 6.45) is 6.31. The molecule has 0 saturated carbocycles. The van der Waals surface area contributed by atoms with Crippen LogP contribution < -0.4 is 9.47 Å². The lowest BCUT2D eigenvalue weighted by Crippen LogP contribution is -2.25. The highest BCUT2D eigenvalue weighted by Gasteiger charge is 2.33. The van der Waals surface area contributed by atoms with Gasteiger partial charge in [-0.05, 0) is 93.2 Å². The molecule has 3 aromatic carbocycles. The summed E-state index contributed by atoms with van der Waals surface area (Å²) in [6, 6.07) is 24.4. The SMILES string of the molecule is Oc1ccc2c(c1)[C@@H](c1ccc(OCCCCCN3CCCC3)cc1)[C@H](c1ccccc1)CO2. The lowest BCUT2D eigenvalue weighted by molar-refractivity contribution is 0.248. The van der Waals surface area contributed by atoms with Gasteiger partial charge in [0.05, 0.1) is 13.2 Å². The van der Waals surface area contributed by atoms with E-state index in [1.165, 1.54) is 56.4 Å². The Morgan fingerprint density at radius 3 is 2.44 bits per heavy atom. The lowest BCUT2D eigenvalue weighted by atomic mass is 9.76. The minimum atomic E-state index is 0.109. The molecule has 4 heteroatoms. The van der Waals surface area contributed by atoms with Crippen LogP contribution in [-0.4, -0.2) is 42.9 Å². The van der Waals surface area contributed by atoms with E-state index in [1.54, 1.807) is 6.07 Å². The molecule has 1 fully saturated rings. The molecule has 2 aliphatic rings. The van der Waals surface area contributed by atoms with Crippen molar-refractivity contribution in [3.8, 4) is 17.2 Å². The van der Waals surface area contributed by atoms with Gasteiger partial charge in [-0.2, -0.15) is 0 Å². The van der Waals surface area contributed by atoms with Gasteiger partial charge in [-0.15, -0.1) is 0 Å². The van der Waals surface area contributed by atoms with Crippen molar-refractivity contribution < 1.29 is 14.6 Å². The van der Waals surface area contributed by atoms with Gasteiger partial charge < -0.3 is 19.5 Å². The third-order valence-electron chi connectivity index (χ3n) is 7.20. The molecule has 178 valence electrons. The molecular weight excluding hydrogens is 422 g/mol. The van der Waals surface area contributed by atoms with Crippen molar-refractivity contribution in [1.82, 2.24) is 4.90 Å². The van der Waals surface area contributed by atoms with Gasteiger partial charge in [-0.3, -0.25) is 0 Å². The predicted octanol–water partition coefficient (Wildman–Crippen LogP) is 6.35. The Labute approximate surface area is 203 Å². The Kier molecular flexibility index (Phi) is 7.35. The van der Waals surface area contributed by atoms with Crippen LogP contribution >= 0.6 is 0 Å². The minimum Gasteiger partial charge on any atom is -0.508 e. The zero-order valence-corrected chi connectivity index (χ0v) is 19.9. The van der Waals surface area contributed by atoms with Crippen molar-refractivity contribution >= 4 is 0 Å². The largest absolute Gasteiger partial charge is 0.508 e. The molecular formula is C30H35NO3. The second kappa shape index (κ2) is 11.0. The quantitative estimate of drug-likeness (QED) is 0.381. The van der Waals surface area contributed by atoms with E-state index in [0.29, 0.717) is 6.61 Å². The maximum absolute atomic E-state index is 10.2. The van der Waals surface area contributed by atoms with Crippen LogP contribution in [0.15, 0.2) is 72.8 Å². The fraction of sp³-hybridized carbons (Fsp3) is 0.400. The van der Waals surface area contributed by atoms with Gasteiger partial charge in [0.1, 0.15) is 17.2 Å². The van der Waals surface area contributed by atoms with Crippen molar-refractivity contribution in [1.29, 1.82) is 0 Å². The van der Waals surface area contributed by atoms with Crippen LogP contribution in [0.1, 0.15) is 60.6 Å². The molecule has 0 aliphatic carbocycles. The Hall–Kier alpha value is -2.98. The number of nitrogens with zero attached hydrogens (tertiary/aromatic N) is 1. The molecule has 5 rings (SSSR count). The number of phenols is 1. The van der Waals surface area contributed by atoms with Crippen LogP contribution in [-0.2, 0) is 0 Å². The molecule has 2 atom stereocenters. The van der Waals surface area contributed by atoms with Crippen molar-refractivity contribution in [3.05, 3.63) is 89.5 Å². The number of aromatic hydroxyl groups is 1. The number of likely N-dealkylation sites (tertiary alicyclic amines) is 1. The van der Waals surface area contributed by atoms with Crippen LogP contribution in [0.3, 0.4) is 0 Å². The summed E-state index contributed by atoms with van der Waals surface area (Å²) >= 11 is 0. The number of phenolic OH excluding ortho intramolecular Hbond substituents is 1. The molecule has 0 bridgehead atoms. The van der Waals surface area contributed by atoms with E-state index in [9.17, 15) is 5.11 Å². The molecule has 2 aliphatic heterocycles. The molecule has 4 nitrogen and oxygen atoms in total. The van der Waals surface area contributed by atoms with Crippen molar-refractivity contribution in [2.24, 2.45) is 0 Å². The van der Waals surface area contributed by atoms with Crippen LogP contribution in [0.4, 0.5) is 0 Å². The molecule has 0 aromatic heterocycles. The van der Waals surface area contributed by atoms with Gasteiger partial charge in [0.2, 0.25) is 0 Å². The number of rotatable bonds is 9. The average molecular weight is 458 g/mol. The topological polar surface area (TPSA) is 41.9 Å². The van der Waals surface area contributed by atoms with Gasteiger partial charge >= 0.3 is 0 Å². The summed E-state index contributed by atoms with van der Waals surface area (Å²) < 4.78 is 12.1. The standard InChI is InChI=1S/C30H35NO3/c32-25-13-16-29-27(21-25)30(28(22-34-29)23-9-3-1-4-10-23)24-11-14-26(15-12-24)33-20-8-2-5-17-31-18-6-7-19-31/h1,3-4,9-16,21,28,30,32H,2,5-8,17-20,22H2/t28-,30+/m0/s1. The molecule has 1 saturated heterocycles. The third-order valence-corrected chi connectivity index (χ3v) is 7.20. The van der Waals surface area contributed by atoms with Gasteiger partial charge in [0, 0.05) is 17.4 Å². The summed E-state index contributed by atoms with van der Waals surface area (Å²) in [5, 5.41) is 10.2. The van der Waals surface area contributed by atoms with E-state index < -0.39 is 0 Å². The monoisotopic (exact) mass is 457 g/mol. The highest BCUT2D eigenvalue weighted by Crippen LogP contribution is 2.47. The van der Waals surface area contributed by atoms with Crippen molar-refractivity contribution in [2.45, 2.75) is 43.9 Å². The summed E-state index contributed by atoms with van der Waals surface area (Å²) in [7, 11) is 0. The highest BCUT2D eigenvalue weighted by molar-refractivity contribution is 5.51. The molecule has 34 heavy (non-hydrogen) atoms. The van der Waals surface area contributed by atoms with Crippen LogP contribution in [0, 0.1) is 0 Å². The Balaban J connectivity index is 1.24. The van der Waals surface area contributed by atoms with E-state index in [2.05, 4.69) is 53.4 Å². The Morgan fingerprint density at radius 1 is 0.853 bits per heavy atom. The average Bonchev–Trinajstić information content (AvgIpc) is 3.40. The maximum atomic E-state index is 10.2. The van der Waals surface area contributed by atoms with E-state index in [-0.39, 0.29) is 17.6 Å². The number of hydrogen-bond donors (Lipinski definition) is 1. The van der Waals surface area contributed by atoms with E-state index in [1.807, 2.05) is 18.2 Å². The summed E-state index contributed by atoms with van der Waals surface area (Å²) in [6.45, 7) is 5.18. The lowest BCUT2D eigenvalue weighted by Gasteiger charge is -2.34. The first kappa shape index (κ1) is 22.8. The predicted molar refractivity (Wildman–Crippen MR) is 136 cm³/mol. The van der Waals surface area contributed by atoms with Gasteiger partial charge in [0.15, 0.2) is 0 Å². The van der Waals surface area contributed by atoms with E-state index in [0.717, 1.165) is 30.1 Å². The van der Waals surface area contributed by atoms with E-state index >= 15 is 0 Å². The second-order valence-electron chi connectivity index (χ2n) is 9.55. The fourth-order valence-electron chi connectivity index (χ4n) is 5.39. The minimum absolute atomic E-state index is 0.109. The maximum Gasteiger partial charge on any atom is 0.123 e. The van der Waals surface area contributed by atoms with Crippen LogP contribution in [0.2, 0.25) is 0 Å². The smallest absolute Gasteiger partial charge is 0.123 e. The highest BCUT2D eigenvalue weighted by atomic mass is 16.5. The van der Waals surface area contributed by atoms with Crippen molar-refractivity contribution in [2.75, 3.05) is 32.8 Å². The Morgan fingerprint density at radius 2 is 1.65 bits per heavy atom. The van der Waals surface area contributed by atoms with Gasteiger partial charge in [-0.25, -0.2) is 0 Å². The molecule has 0 spiro atoms. The summed E-state index contributed by atoms with van der Waals surface area (Å²) in [5.41, 5.74) is 3.49. The first-order valence-corrected chi connectivity index (χ1v) is 12.7. The van der Waals surface area contributed by atoms with Crippen molar-refractivity contribution in [3.63, 3.8) is 0 Å². The molecule has 1 N–H and O–H groups in total. The first-order chi connectivity index (χ1) is 16.8. The normalized spacial score (nSPS) is 20.0. The van der Waals surface area contributed by atoms with Gasteiger partial charge in [0.25, 0.3) is 0 Å². The van der Waals surface area contributed by atoms with Crippen LogP contribution in [0.5, 0.6) is 17.2 Å². The molecule has 0 unspecified atom stereocenters. The number of benzene rings is 3. The molecule has 0 radical (unpaired) electrons. The second-order valence-corrected chi connectivity index (χ2v) is 9.55. The number of unbranched alkanes of at least 4 members (excludes halogenated alkanes) is 2. The zero-order valence-electron chi connectivity index (χ0n) is 19.9. The summed E-state index contributed by atoms with van der Waals surface area (Å²) in [5.74, 6) is 2.33. The van der Waals surface area contributed by atoms with Gasteiger partial charge in [-0.1, -0.05) is 42.5 Å². The molecule has 2 heterocycles. The van der Waals surface area contributed by atoms with E-state index in [4.69, 9.17) is 9.47 Å². The number of ether oxygens (including phenoxy) is 2. The Bertz CT molecular complexity index is 1040. The zero-order chi connectivity index (χ0) is 23.2.